The number of carbonyl (C=O) groups is 1. The van der Waals surface area contributed by atoms with Gasteiger partial charge in [0.1, 0.15) is 11.4 Å². The summed E-state index contributed by atoms with van der Waals surface area (Å²) in [5.41, 5.74) is -1.04. The smallest absolute Gasteiger partial charge is 0.444 e. The highest BCUT2D eigenvalue weighted by molar-refractivity contribution is 7.98. The summed E-state index contributed by atoms with van der Waals surface area (Å²) >= 11 is 1.09. The van der Waals surface area contributed by atoms with Gasteiger partial charge in [0, 0.05) is 18.0 Å². The van der Waals surface area contributed by atoms with Crippen LogP contribution in [-0.4, -0.2) is 58.5 Å². The Morgan fingerprint density at radius 3 is 2.44 bits per heavy atom. The van der Waals surface area contributed by atoms with Gasteiger partial charge in [0.15, 0.2) is 5.00 Å². The Bertz CT molecular complexity index is 967. The zero-order chi connectivity index (χ0) is 26.5. The monoisotopic (exact) mass is 524 g/mol. The second-order valence-electron chi connectivity index (χ2n) is 12.2. The van der Waals surface area contributed by atoms with Crippen molar-refractivity contribution in [2.24, 2.45) is 0 Å². The molecule has 36 heavy (non-hydrogen) atoms. The summed E-state index contributed by atoms with van der Waals surface area (Å²) in [7, 11) is -0.825. The van der Waals surface area contributed by atoms with Crippen molar-refractivity contribution < 1.29 is 27.6 Å². The molecule has 1 aromatic rings. The second-order valence-corrected chi connectivity index (χ2v) is 13.4. The van der Waals surface area contributed by atoms with Gasteiger partial charge in [-0.25, -0.2) is 13.6 Å². The summed E-state index contributed by atoms with van der Waals surface area (Å²) in [4.78, 5) is 14.8. The number of halogens is 2. The number of piperidine rings is 1. The molecule has 0 unspecified atom stereocenters. The molecule has 1 aliphatic carbocycles. The predicted octanol–water partition coefficient (Wildman–Crippen LogP) is 5.13. The zero-order valence-corrected chi connectivity index (χ0v) is 23.3. The maximum Gasteiger partial charge on any atom is 0.497 e. The number of amides is 1. The highest BCUT2D eigenvalue weighted by Crippen LogP contribution is 2.48. The molecule has 10 heteroatoms. The highest BCUT2D eigenvalue weighted by atomic mass is 32.2. The van der Waals surface area contributed by atoms with Crippen molar-refractivity contribution in [3.63, 3.8) is 0 Å². The Kier molecular flexibility index (Phi) is 7.49. The van der Waals surface area contributed by atoms with E-state index in [0.717, 1.165) is 24.8 Å². The van der Waals surface area contributed by atoms with Crippen LogP contribution in [0.25, 0.3) is 0 Å². The molecule has 2 heterocycles. The molecule has 3 fully saturated rings. The van der Waals surface area contributed by atoms with E-state index in [2.05, 4.69) is 4.72 Å². The fourth-order valence-corrected chi connectivity index (χ4v) is 5.45. The van der Waals surface area contributed by atoms with Gasteiger partial charge in [-0.05, 0) is 98.1 Å². The van der Waals surface area contributed by atoms with E-state index in [1.807, 2.05) is 48.5 Å². The fourth-order valence-electron chi connectivity index (χ4n) is 4.51. The van der Waals surface area contributed by atoms with Gasteiger partial charge in [0.25, 0.3) is 0 Å². The molecule has 0 spiro atoms. The summed E-state index contributed by atoms with van der Waals surface area (Å²) in [6.07, 6.45) is 2.36. The lowest BCUT2D eigenvalue weighted by molar-refractivity contribution is 0.00578. The minimum absolute atomic E-state index is 0.204. The number of nitrogens with zero attached hydrogens (tertiary/aromatic N) is 1. The summed E-state index contributed by atoms with van der Waals surface area (Å²) in [6.45, 7) is 13.7. The van der Waals surface area contributed by atoms with Gasteiger partial charge >= 0.3 is 13.2 Å². The third-order valence-electron chi connectivity index (χ3n) is 7.49. The molecule has 200 valence electrons. The van der Waals surface area contributed by atoms with Crippen molar-refractivity contribution in [2.75, 3.05) is 6.54 Å². The van der Waals surface area contributed by atoms with Gasteiger partial charge in [0.2, 0.25) is 0 Å². The molecule has 2 atom stereocenters. The van der Waals surface area contributed by atoms with Gasteiger partial charge in [-0.15, -0.1) is 0 Å². The van der Waals surface area contributed by atoms with Crippen molar-refractivity contribution >= 4 is 30.6 Å². The lowest BCUT2D eigenvalue weighted by Gasteiger charge is -2.42. The first kappa shape index (κ1) is 27.7. The summed E-state index contributed by atoms with van der Waals surface area (Å²) in [6, 6.07) is 4.60. The maximum atomic E-state index is 15.9. The van der Waals surface area contributed by atoms with E-state index in [1.165, 1.54) is 0 Å². The van der Waals surface area contributed by atoms with Crippen molar-refractivity contribution in [3.05, 3.63) is 29.6 Å². The minimum atomic E-state index is -1.25. The molecule has 1 N–H and O–H groups in total. The molecular weight excluding hydrogens is 485 g/mol. The average Bonchev–Trinajstić information content (AvgIpc) is 3.44. The fraction of sp³-hybridized carbons (Fsp3) is 0.731. The van der Waals surface area contributed by atoms with Gasteiger partial charge in [-0.1, -0.05) is 18.2 Å². The first-order chi connectivity index (χ1) is 16.6. The summed E-state index contributed by atoms with van der Waals surface area (Å²) in [5.74, 6) is -0.402. The van der Waals surface area contributed by atoms with Crippen LogP contribution in [0.2, 0.25) is 0 Å². The molecule has 0 radical (unpaired) electrons. The third kappa shape index (κ3) is 6.03. The molecule has 2 aliphatic heterocycles. The van der Waals surface area contributed by atoms with E-state index in [4.69, 9.17) is 14.0 Å². The van der Waals surface area contributed by atoms with Gasteiger partial charge in [-0.2, -0.15) is 0 Å². The number of ether oxygens (including phenoxy) is 1. The topological polar surface area (TPSA) is 60.0 Å². The quantitative estimate of drug-likeness (QED) is 0.411. The molecular formula is C26H39BF2N2O4S. The van der Waals surface area contributed by atoms with Crippen LogP contribution in [-0.2, 0) is 20.5 Å². The van der Waals surface area contributed by atoms with E-state index in [-0.39, 0.29) is 12.5 Å². The molecule has 0 aromatic heterocycles. The molecule has 4 rings (SSSR count). The molecule has 0 bridgehead atoms. The lowest BCUT2D eigenvalue weighted by atomic mass is 9.77. The Morgan fingerprint density at radius 1 is 1.22 bits per heavy atom. The van der Waals surface area contributed by atoms with Crippen LogP contribution in [0.1, 0.15) is 79.7 Å². The van der Waals surface area contributed by atoms with Crippen molar-refractivity contribution in [2.45, 2.75) is 114 Å². The third-order valence-corrected chi connectivity index (χ3v) is 8.68. The summed E-state index contributed by atoms with van der Waals surface area (Å²) < 4.78 is 51.5. The molecule has 2 saturated heterocycles. The minimum Gasteiger partial charge on any atom is -0.444 e. The van der Waals surface area contributed by atoms with Gasteiger partial charge < -0.3 is 18.9 Å². The summed E-state index contributed by atoms with van der Waals surface area (Å²) in [5, 5.41) is -1.25. The SMILES string of the molecule is CC(C)(C)OC(=O)N1CCC[C@H](NSC2(F)CC2)[C@@H]1Cc1cccc(B2OC(C)(C)C(C)(C)O2)c1F. The number of rotatable bonds is 6. The number of carbonyl (C=O) groups excluding carboxylic acids is 1. The predicted molar refractivity (Wildman–Crippen MR) is 139 cm³/mol. The standard InChI is InChI=1S/C26H39BF2N2O4S/c1-23(2,3)33-22(32)31-15-9-12-19(30-36-26(29)13-14-26)20(31)16-17-10-8-11-18(21(17)28)27-34-24(4,5)25(6,7)35-27/h8,10-11,19-20,30H,9,12-16H2,1-7H3/t19-,20-/m0/s1. The van der Waals surface area contributed by atoms with E-state index in [0.29, 0.717) is 30.4 Å². The van der Waals surface area contributed by atoms with Crippen LogP contribution in [0.3, 0.4) is 0 Å². The molecule has 3 aliphatic rings. The highest BCUT2D eigenvalue weighted by Gasteiger charge is 2.52. The Hall–Kier alpha value is -1.36. The van der Waals surface area contributed by atoms with E-state index in [1.54, 1.807) is 23.1 Å². The average molecular weight is 524 g/mol. The van der Waals surface area contributed by atoms with Crippen LogP contribution in [0.4, 0.5) is 13.6 Å². The van der Waals surface area contributed by atoms with Gasteiger partial charge in [-0.3, -0.25) is 4.72 Å². The lowest BCUT2D eigenvalue weighted by Crippen LogP contribution is -2.57. The van der Waals surface area contributed by atoms with Crippen LogP contribution in [0, 0.1) is 5.82 Å². The van der Waals surface area contributed by atoms with Crippen molar-refractivity contribution in [3.8, 4) is 0 Å². The van der Waals surface area contributed by atoms with Crippen LogP contribution in [0.5, 0.6) is 0 Å². The van der Waals surface area contributed by atoms with Crippen LogP contribution >= 0.6 is 11.9 Å². The maximum absolute atomic E-state index is 15.9. The molecule has 6 nitrogen and oxygen atoms in total. The number of benzene rings is 1. The van der Waals surface area contributed by atoms with Crippen molar-refractivity contribution in [1.29, 1.82) is 0 Å². The van der Waals surface area contributed by atoms with E-state index in [9.17, 15) is 9.18 Å². The van der Waals surface area contributed by atoms with E-state index < -0.39 is 46.9 Å². The number of alkyl halides is 1. The van der Waals surface area contributed by atoms with Gasteiger partial charge in [0.05, 0.1) is 17.2 Å². The van der Waals surface area contributed by atoms with E-state index >= 15 is 4.39 Å². The normalized spacial score (nSPS) is 26.7. The zero-order valence-electron chi connectivity index (χ0n) is 22.5. The molecule has 1 saturated carbocycles. The van der Waals surface area contributed by atoms with Crippen LogP contribution < -0.4 is 10.2 Å². The van der Waals surface area contributed by atoms with Crippen molar-refractivity contribution in [1.82, 2.24) is 9.62 Å². The Balaban J connectivity index is 1.59. The first-order valence-electron chi connectivity index (χ1n) is 12.9. The first-order valence-corrected chi connectivity index (χ1v) is 13.7. The number of likely N-dealkylation sites (tertiary alicyclic amines) is 1. The number of nitrogens with one attached hydrogen (secondary N) is 1. The molecule has 1 aromatic carbocycles. The second kappa shape index (κ2) is 9.75. The number of hydrogen-bond donors (Lipinski definition) is 1. The molecule has 1 amide bonds. The Morgan fingerprint density at radius 2 is 1.86 bits per heavy atom. The largest absolute Gasteiger partial charge is 0.497 e. The van der Waals surface area contributed by atoms with Crippen LogP contribution in [0.15, 0.2) is 18.2 Å². The Labute approximate surface area is 218 Å². The number of hydrogen-bond acceptors (Lipinski definition) is 6.